The zero-order valence-corrected chi connectivity index (χ0v) is 16.7. The van der Waals surface area contributed by atoms with Gasteiger partial charge in [0.25, 0.3) is 0 Å². The smallest absolute Gasteiger partial charge is 0.394 e. The fourth-order valence-electron chi connectivity index (χ4n) is 2.28. The highest BCUT2D eigenvalue weighted by atomic mass is 32.3. The summed E-state index contributed by atoms with van der Waals surface area (Å²) in [7, 11) is -3.77. The van der Waals surface area contributed by atoms with Crippen molar-refractivity contribution < 1.29 is 36.5 Å². The van der Waals surface area contributed by atoms with Gasteiger partial charge in [-0.3, -0.25) is 0 Å². The van der Waals surface area contributed by atoms with Crippen LogP contribution in [0, 0.1) is 0 Å². The first-order chi connectivity index (χ1) is 14.0. The van der Waals surface area contributed by atoms with Gasteiger partial charge in [-0.05, 0) is 11.1 Å². The maximum atomic E-state index is 10.8. The lowest BCUT2D eigenvalue weighted by atomic mass is 10.2. The molecule has 1 saturated heterocycles. The van der Waals surface area contributed by atoms with Crippen molar-refractivity contribution in [2.24, 2.45) is 0 Å². The predicted molar refractivity (Wildman–Crippen MR) is 105 cm³/mol. The molecule has 9 heteroatoms. The molecular formula is C20H26O8S. The topological polar surface area (TPSA) is 112 Å². The van der Waals surface area contributed by atoms with Gasteiger partial charge in [-0.25, -0.2) is 8.37 Å². The van der Waals surface area contributed by atoms with E-state index in [4.69, 9.17) is 19.7 Å². The second kappa shape index (κ2) is 12.7. The molecule has 3 rings (SSSR count). The van der Waals surface area contributed by atoms with Gasteiger partial charge in [0.2, 0.25) is 0 Å². The second-order valence-electron chi connectivity index (χ2n) is 6.25. The van der Waals surface area contributed by atoms with Crippen LogP contribution in [0.3, 0.4) is 0 Å². The number of aliphatic hydroxyl groups is 2. The molecular weight excluding hydrogens is 400 g/mol. The molecule has 0 spiro atoms. The molecule has 2 atom stereocenters. The van der Waals surface area contributed by atoms with E-state index >= 15 is 0 Å². The third kappa shape index (κ3) is 9.95. The van der Waals surface area contributed by atoms with E-state index in [0.717, 1.165) is 11.1 Å². The Morgan fingerprint density at radius 1 is 0.966 bits per heavy atom. The molecule has 160 valence electrons. The van der Waals surface area contributed by atoms with E-state index in [1.807, 2.05) is 60.7 Å². The van der Waals surface area contributed by atoms with E-state index in [1.165, 1.54) is 0 Å². The van der Waals surface area contributed by atoms with Crippen LogP contribution in [0.5, 0.6) is 0 Å². The van der Waals surface area contributed by atoms with Crippen molar-refractivity contribution in [1.82, 2.24) is 0 Å². The third-order valence-corrected chi connectivity index (χ3v) is 4.63. The van der Waals surface area contributed by atoms with Gasteiger partial charge in [-0.15, -0.1) is 0 Å². The molecule has 0 bridgehead atoms. The summed E-state index contributed by atoms with van der Waals surface area (Å²) >= 11 is 0. The van der Waals surface area contributed by atoms with Crippen molar-refractivity contribution in [2.75, 3.05) is 26.4 Å². The molecule has 8 nitrogen and oxygen atoms in total. The molecule has 2 aromatic carbocycles. The molecule has 1 aliphatic rings. The molecule has 0 radical (unpaired) electrons. The maximum absolute atomic E-state index is 10.8. The number of hydrogen-bond donors (Lipinski definition) is 2. The normalized spacial score (nSPS) is 18.6. The minimum Gasteiger partial charge on any atom is -0.394 e. The molecule has 0 unspecified atom stereocenters. The number of hydrogen-bond acceptors (Lipinski definition) is 8. The number of ether oxygens (including phenoxy) is 2. The van der Waals surface area contributed by atoms with E-state index < -0.39 is 22.6 Å². The van der Waals surface area contributed by atoms with Crippen molar-refractivity contribution in [1.29, 1.82) is 0 Å². The first kappa shape index (κ1) is 23.4. The van der Waals surface area contributed by atoms with Crippen molar-refractivity contribution >= 4 is 10.4 Å². The van der Waals surface area contributed by atoms with Gasteiger partial charge >= 0.3 is 10.4 Å². The summed E-state index contributed by atoms with van der Waals surface area (Å²) in [5.41, 5.74) is 2.09. The Morgan fingerprint density at radius 3 is 2.00 bits per heavy atom. The van der Waals surface area contributed by atoms with E-state index in [1.54, 1.807) is 0 Å². The van der Waals surface area contributed by atoms with Crippen LogP contribution >= 0.6 is 0 Å². The summed E-state index contributed by atoms with van der Waals surface area (Å²) in [6.07, 6.45) is -1.31. The number of aliphatic hydroxyl groups excluding tert-OH is 2. The molecule has 0 aromatic heterocycles. The summed E-state index contributed by atoms with van der Waals surface area (Å²) in [6, 6.07) is 19.3. The lowest BCUT2D eigenvalue weighted by Crippen LogP contribution is -2.19. The number of rotatable bonds is 9. The highest BCUT2D eigenvalue weighted by Gasteiger charge is 2.29. The van der Waals surface area contributed by atoms with Crippen LogP contribution in [0.4, 0.5) is 0 Å². The van der Waals surface area contributed by atoms with Crippen LogP contribution in [0.2, 0.25) is 0 Å². The highest BCUT2D eigenvalue weighted by Crippen LogP contribution is 2.13. The molecule has 1 aliphatic heterocycles. The van der Waals surface area contributed by atoms with Crippen molar-refractivity contribution in [2.45, 2.75) is 25.4 Å². The Morgan fingerprint density at radius 2 is 1.52 bits per heavy atom. The van der Waals surface area contributed by atoms with Crippen LogP contribution in [0.25, 0.3) is 0 Å². The summed E-state index contributed by atoms with van der Waals surface area (Å²) in [5, 5.41) is 17.5. The highest BCUT2D eigenvalue weighted by molar-refractivity contribution is 7.82. The summed E-state index contributed by atoms with van der Waals surface area (Å²) in [6.45, 7) is 1.05. The average molecular weight is 426 g/mol. The van der Waals surface area contributed by atoms with Gasteiger partial charge in [0, 0.05) is 0 Å². The van der Waals surface area contributed by atoms with Crippen LogP contribution in [-0.2, 0) is 41.5 Å². The standard InChI is InChI=1S/C10H12O5S.C10H14O3/c11-16(12)14-8-10(15-16)7-13-6-9-4-2-1-3-5-9;11-6-10(12)8-13-7-9-4-2-1-3-5-9/h1-5,10H,6-8H2;1-5,10-12H,6-8H2/t2*10-/m10/s1. The molecule has 1 heterocycles. The van der Waals surface area contributed by atoms with E-state index in [9.17, 15) is 8.42 Å². The number of benzene rings is 2. The maximum Gasteiger partial charge on any atom is 0.400 e. The van der Waals surface area contributed by atoms with E-state index in [-0.39, 0.29) is 26.4 Å². The van der Waals surface area contributed by atoms with Crippen LogP contribution < -0.4 is 0 Å². The van der Waals surface area contributed by atoms with E-state index in [2.05, 4.69) is 8.37 Å². The molecule has 0 saturated carbocycles. The molecule has 2 aromatic rings. The van der Waals surface area contributed by atoms with Gasteiger partial charge < -0.3 is 19.7 Å². The van der Waals surface area contributed by atoms with Gasteiger partial charge in [0.1, 0.15) is 12.2 Å². The Balaban J connectivity index is 0.000000212. The van der Waals surface area contributed by atoms with E-state index in [0.29, 0.717) is 13.2 Å². The first-order valence-electron chi connectivity index (χ1n) is 9.08. The zero-order valence-electron chi connectivity index (χ0n) is 15.9. The Hall–Kier alpha value is -1.85. The van der Waals surface area contributed by atoms with Gasteiger partial charge in [-0.2, -0.15) is 8.42 Å². The molecule has 29 heavy (non-hydrogen) atoms. The summed E-state index contributed by atoms with van der Waals surface area (Å²) in [5.74, 6) is 0. The quantitative estimate of drug-likeness (QED) is 0.619. The lowest BCUT2D eigenvalue weighted by Gasteiger charge is -2.07. The molecule has 0 aliphatic carbocycles. The van der Waals surface area contributed by atoms with Crippen LogP contribution in [0.15, 0.2) is 60.7 Å². The Kier molecular flexibility index (Phi) is 10.2. The van der Waals surface area contributed by atoms with Gasteiger partial charge in [0.15, 0.2) is 0 Å². The molecule has 0 amide bonds. The SMILES string of the molecule is O=S1(=O)OC[C@@H](COCc2ccccc2)O1.OC[C@H](O)COCc1ccccc1. The van der Waals surface area contributed by atoms with Crippen molar-refractivity contribution in [3.63, 3.8) is 0 Å². The summed E-state index contributed by atoms with van der Waals surface area (Å²) < 4.78 is 41.1. The molecule has 1 fully saturated rings. The second-order valence-corrected chi connectivity index (χ2v) is 7.49. The lowest BCUT2D eigenvalue weighted by molar-refractivity contribution is 0.0000253. The first-order valence-corrected chi connectivity index (χ1v) is 10.4. The van der Waals surface area contributed by atoms with Crippen molar-refractivity contribution in [3.05, 3.63) is 71.8 Å². The zero-order chi connectivity index (χ0) is 21.0. The fraction of sp³-hybridized carbons (Fsp3) is 0.400. The Labute approximate surface area is 170 Å². The monoisotopic (exact) mass is 426 g/mol. The van der Waals surface area contributed by atoms with Gasteiger partial charge in [-0.1, -0.05) is 60.7 Å². The third-order valence-electron chi connectivity index (χ3n) is 3.70. The summed E-state index contributed by atoms with van der Waals surface area (Å²) in [4.78, 5) is 0. The molecule has 2 N–H and O–H groups in total. The largest absolute Gasteiger partial charge is 0.400 e. The minimum atomic E-state index is -3.77. The van der Waals surface area contributed by atoms with Crippen LogP contribution in [-0.4, -0.2) is 57.3 Å². The van der Waals surface area contributed by atoms with Crippen molar-refractivity contribution in [3.8, 4) is 0 Å². The van der Waals surface area contributed by atoms with Gasteiger partial charge in [0.05, 0.1) is 39.6 Å². The fourth-order valence-corrected chi connectivity index (χ4v) is 3.10. The van der Waals surface area contributed by atoms with Crippen LogP contribution in [0.1, 0.15) is 11.1 Å². The Bertz CT molecular complexity index is 783. The average Bonchev–Trinajstić information content (AvgIpc) is 3.08. The predicted octanol–water partition coefficient (Wildman–Crippen LogP) is 1.42. The minimum absolute atomic E-state index is 0.0249.